The number of benzene rings is 1. The number of hydrogen-bond acceptors (Lipinski definition) is 2. The second-order valence-electron chi connectivity index (χ2n) is 4.30. The SMILES string of the molecule is NNC(CC1CCC1)c1ccc(Br)cc1. The molecule has 2 rings (SSSR count). The lowest BCUT2D eigenvalue weighted by Crippen LogP contribution is -2.31. The number of nitrogens with one attached hydrogen (secondary N) is 1. The van der Waals surface area contributed by atoms with Crippen LogP contribution < -0.4 is 11.3 Å². The molecule has 1 aromatic carbocycles. The van der Waals surface area contributed by atoms with Gasteiger partial charge in [0, 0.05) is 10.5 Å². The first-order valence-electron chi connectivity index (χ1n) is 5.51. The van der Waals surface area contributed by atoms with Crippen LogP contribution in [0.1, 0.15) is 37.3 Å². The van der Waals surface area contributed by atoms with E-state index in [9.17, 15) is 0 Å². The summed E-state index contributed by atoms with van der Waals surface area (Å²) < 4.78 is 1.12. The zero-order chi connectivity index (χ0) is 10.7. The van der Waals surface area contributed by atoms with Gasteiger partial charge in [0.05, 0.1) is 0 Å². The molecular weight excluding hydrogens is 252 g/mol. The van der Waals surface area contributed by atoms with Crippen molar-refractivity contribution in [1.29, 1.82) is 0 Å². The van der Waals surface area contributed by atoms with Crippen molar-refractivity contribution >= 4 is 15.9 Å². The summed E-state index contributed by atoms with van der Waals surface area (Å²) in [6.45, 7) is 0. The topological polar surface area (TPSA) is 38.0 Å². The van der Waals surface area contributed by atoms with Gasteiger partial charge in [0.1, 0.15) is 0 Å². The van der Waals surface area contributed by atoms with Crippen LogP contribution in [0.4, 0.5) is 0 Å². The highest BCUT2D eigenvalue weighted by molar-refractivity contribution is 9.10. The van der Waals surface area contributed by atoms with E-state index >= 15 is 0 Å². The molecule has 3 heteroatoms. The summed E-state index contributed by atoms with van der Waals surface area (Å²) in [7, 11) is 0. The summed E-state index contributed by atoms with van der Waals surface area (Å²) in [4.78, 5) is 0. The molecule has 1 aliphatic rings. The van der Waals surface area contributed by atoms with Crippen LogP contribution in [0.25, 0.3) is 0 Å². The first-order chi connectivity index (χ1) is 7.29. The van der Waals surface area contributed by atoms with E-state index in [2.05, 4.69) is 45.6 Å². The Morgan fingerprint density at radius 3 is 2.47 bits per heavy atom. The first-order valence-corrected chi connectivity index (χ1v) is 6.30. The molecule has 0 bridgehead atoms. The van der Waals surface area contributed by atoms with Gasteiger partial charge in [0.25, 0.3) is 0 Å². The lowest BCUT2D eigenvalue weighted by molar-refractivity contribution is 0.262. The van der Waals surface area contributed by atoms with E-state index in [1.165, 1.54) is 24.8 Å². The van der Waals surface area contributed by atoms with E-state index in [0.717, 1.165) is 16.8 Å². The quantitative estimate of drug-likeness (QED) is 0.651. The Morgan fingerprint density at radius 1 is 1.33 bits per heavy atom. The fourth-order valence-electron chi connectivity index (χ4n) is 2.06. The van der Waals surface area contributed by atoms with E-state index in [4.69, 9.17) is 5.84 Å². The van der Waals surface area contributed by atoms with E-state index < -0.39 is 0 Å². The number of hydrazine groups is 1. The van der Waals surface area contributed by atoms with Crippen LogP contribution in [0.3, 0.4) is 0 Å². The minimum atomic E-state index is 0.309. The molecule has 15 heavy (non-hydrogen) atoms. The van der Waals surface area contributed by atoms with Gasteiger partial charge in [-0.05, 0) is 30.0 Å². The minimum Gasteiger partial charge on any atom is -0.271 e. The molecule has 82 valence electrons. The maximum atomic E-state index is 5.61. The van der Waals surface area contributed by atoms with E-state index in [-0.39, 0.29) is 0 Å². The largest absolute Gasteiger partial charge is 0.271 e. The molecule has 0 radical (unpaired) electrons. The summed E-state index contributed by atoms with van der Waals surface area (Å²) in [5, 5.41) is 0. The molecule has 0 aromatic heterocycles. The van der Waals surface area contributed by atoms with Crippen LogP contribution in [-0.4, -0.2) is 0 Å². The van der Waals surface area contributed by atoms with Gasteiger partial charge in [-0.1, -0.05) is 47.3 Å². The fraction of sp³-hybridized carbons (Fsp3) is 0.500. The first kappa shape index (κ1) is 11.1. The van der Waals surface area contributed by atoms with Crippen molar-refractivity contribution in [3.8, 4) is 0 Å². The van der Waals surface area contributed by atoms with Gasteiger partial charge in [-0.3, -0.25) is 11.3 Å². The van der Waals surface area contributed by atoms with E-state index in [1.54, 1.807) is 0 Å². The molecule has 0 amide bonds. The van der Waals surface area contributed by atoms with Gasteiger partial charge >= 0.3 is 0 Å². The van der Waals surface area contributed by atoms with Crippen molar-refractivity contribution in [3.05, 3.63) is 34.3 Å². The highest BCUT2D eigenvalue weighted by Crippen LogP contribution is 2.34. The summed E-state index contributed by atoms with van der Waals surface area (Å²) in [5.41, 5.74) is 4.21. The third kappa shape index (κ3) is 2.80. The van der Waals surface area contributed by atoms with Crippen LogP contribution in [0.5, 0.6) is 0 Å². The number of nitrogens with two attached hydrogens (primary N) is 1. The van der Waals surface area contributed by atoms with Crippen molar-refractivity contribution in [2.24, 2.45) is 11.8 Å². The van der Waals surface area contributed by atoms with Crippen LogP contribution in [0.2, 0.25) is 0 Å². The Bertz CT molecular complexity index is 306. The van der Waals surface area contributed by atoms with Crippen LogP contribution >= 0.6 is 15.9 Å². The zero-order valence-corrected chi connectivity index (χ0v) is 10.3. The third-order valence-corrected chi connectivity index (χ3v) is 3.80. The molecule has 0 saturated heterocycles. The van der Waals surface area contributed by atoms with Crippen LogP contribution in [0.15, 0.2) is 28.7 Å². The Morgan fingerprint density at radius 2 is 2.00 bits per heavy atom. The predicted octanol–water partition coefficient (Wildman–Crippen LogP) is 3.14. The zero-order valence-electron chi connectivity index (χ0n) is 8.75. The summed E-state index contributed by atoms with van der Waals surface area (Å²) in [6, 6.07) is 8.71. The fourth-order valence-corrected chi connectivity index (χ4v) is 2.32. The van der Waals surface area contributed by atoms with Gasteiger partial charge in [-0.25, -0.2) is 0 Å². The highest BCUT2D eigenvalue weighted by Gasteiger charge is 2.22. The normalized spacial score (nSPS) is 18.5. The van der Waals surface area contributed by atoms with Crippen molar-refractivity contribution < 1.29 is 0 Å². The van der Waals surface area contributed by atoms with Gasteiger partial charge in [0.2, 0.25) is 0 Å². The summed E-state index contributed by atoms with van der Waals surface area (Å²) in [6.07, 6.45) is 5.30. The number of hydrogen-bond donors (Lipinski definition) is 2. The maximum absolute atomic E-state index is 5.61. The Labute approximate surface area is 99.3 Å². The van der Waals surface area contributed by atoms with Crippen molar-refractivity contribution in [2.75, 3.05) is 0 Å². The van der Waals surface area contributed by atoms with Gasteiger partial charge < -0.3 is 0 Å². The average molecular weight is 269 g/mol. The molecule has 0 spiro atoms. The lowest BCUT2D eigenvalue weighted by atomic mass is 9.80. The lowest BCUT2D eigenvalue weighted by Gasteiger charge is -2.29. The second-order valence-corrected chi connectivity index (χ2v) is 5.22. The molecule has 0 heterocycles. The minimum absolute atomic E-state index is 0.309. The molecule has 1 fully saturated rings. The predicted molar refractivity (Wildman–Crippen MR) is 66.2 cm³/mol. The summed E-state index contributed by atoms with van der Waals surface area (Å²) >= 11 is 3.44. The molecule has 1 aliphatic carbocycles. The number of rotatable bonds is 4. The van der Waals surface area contributed by atoms with Crippen molar-refractivity contribution in [3.63, 3.8) is 0 Å². The number of halogens is 1. The Hall–Kier alpha value is -0.380. The molecule has 1 saturated carbocycles. The molecule has 1 unspecified atom stereocenters. The van der Waals surface area contributed by atoms with Gasteiger partial charge in [0.15, 0.2) is 0 Å². The highest BCUT2D eigenvalue weighted by atomic mass is 79.9. The van der Waals surface area contributed by atoms with E-state index in [1.807, 2.05) is 0 Å². The molecule has 0 aliphatic heterocycles. The third-order valence-electron chi connectivity index (χ3n) is 3.27. The average Bonchev–Trinajstić information content (AvgIpc) is 2.19. The van der Waals surface area contributed by atoms with Gasteiger partial charge in [-0.2, -0.15) is 0 Å². The molecule has 1 aromatic rings. The van der Waals surface area contributed by atoms with E-state index in [0.29, 0.717) is 6.04 Å². The smallest absolute Gasteiger partial charge is 0.0462 e. The molecule has 2 nitrogen and oxygen atoms in total. The van der Waals surface area contributed by atoms with Crippen LogP contribution in [0, 0.1) is 5.92 Å². The molecule has 3 N–H and O–H groups in total. The Kier molecular flexibility index (Phi) is 3.78. The molecule has 1 atom stereocenters. The van der Waals surface area contributed by atoms with Gasteiger partial charge in [-0.15, -0.1) is 0 Å². The van der Waals surface area contributed by atoms with Crippen molar-refractivity contribution in [1.82, 2.24) is 5.43 Å². The summed E-state index contributed by atoms with van der Waals surface area (Å²) in [5.74, 6) is 6.48. The second kappa shape index (κ2) is 5.10. The standard InChI is InChI=1S/C12H17BrN2/c13-11-6-4-10(5-7-11)12(15-14)8-9-2-1-3-9/h4-7,9,12,15H,1-3,8,14H2. The van der Waals surface area contributed by atoms with Crippen molar-refractivity contribution in [2.45, 2.75) is 31.7 Å². The maximum Gasteiger partial charge on any atom is 0.0462 e. The Balaban J connectivity index is 2.01. The van der Waals surface area contributed by atoms with Crippen LogP contribution in [-0.2, 0) is 0 Å². The monoisotopic (exact) mass is 268 g/mol. The molecular formula is C12H17BrN2.